The summed E-state index contributed by atoms with van der Waals surface area (Å²) >= 11 is 0. The molecular formula is C19H26ClNO. The summed E-state index contributed by atoms with van der Waals surface area (Å²) in [6.45, 7) is 4.15. The Morgan fingerprint density at radius 3 is 1.95 bits per heavy atom. The van der Waals surface area contributed by atoms with E-state index in [1.165, 1.54) is 5.56 Å². The van der Waals surface area contributed by atoms with Crippen LogP contribution < -0.4 is 0 Å². The van der Waals surface area contributed by atoms with E-state index >= 15 is 0 Å². The maximum Gasteiger partial charge on any atom is 0.0802 e. The molecule has 0 aliphatic carbocycles. The maximum absolute atomic E-state index is 10.2. The summed E-state index contributed by atoms with van der Waals surface area (Å²) in [6.07, 6.45) is 0.392. The van der Waals surface area contributed by atoms with Crippen LogP contribution in [0, 0.1) is 0 Å². The average Bonchev–Trinajstić information content (AvgIpc) is 2.54. The third kappa shape index (κ3) is 5.80. The highest BCUT2D eigenvalue weighted by molar-refractivity contribution is 5.85. The van der Waals surface area contributed by atoms with E-state index in [4.69, 9.17) is 0 Å². The molecule has 120 valence electrons. The first-order chi connectivity index (χ1) is 10.2. The minimum atomic E-state index is -0.374. The Balaban J connectivity index is 0.00000242. The van der Waals surface area contributed by atoms with E-state index in [2.05, 4.69) is 49.2 Å². The Bertz CT molecular complexity index is 517. The standard InChI is InChI=1S/C19H25NO.ClH/c1-16(17-9-5-3-6-10-17)15-20(2)14-13-19(21)18-11-7-4-8-12-18;/h3-12,16,19,21H,13-15H2,1-2H3;1H. The van der Waals surface area contributed by atoms with Crippen LogP contribution in [0.1, 0.15) is 36.5 Å². The van der Waals surface area contributed by atoms with Crippen LogP contribution in [0.4, 0.5) is 0 Å². The normalized spacial score (nSPS) is 13.5. The molecular weight excluding hydrogens is 294 g/mol. The van der Waals surface area contributed by atoms with Gasteiger partial charge < -0.3 is 10.0 Å². The lowest BCUT2D eigenvalue weighted by Gasteiger charge is -2.23. The first-order valence-electron chi connectivity index (χ1n) is 7.63. The first-order valence-corrected chi connectivity index (χ1v) is 7.63. The summed E-state index contributed by atoms with van der Waals surface area (Å²) in [7, 11) is 2.12. The van der Waals surface area contributed by atoms with Crippen LogP contribution >= 0.6 is 12.4 Å². The van der Waals surface area contributed by atoms with Gasteiger partial charge in [-0.2, -0.15) is 0 Å². The smallest absolute Gasteiger partial charge is 0.0802 e. The number of halogens is 1. The molecule has 0 saturated carbocycles. The SMILES string of the molecule is CC(CN(C)CCC(O)c1ccccc1)c1ccccc1.Cl. The van der Waals surface area contributed by atoms with E-state index in [9.17, 15) is 5.11 Å². The van der Waals surface area contributed by atoms with Crippen molar-refractivity contribution in [3.8, 4) is 0 Å². The Morgan fingerprint density at radius 2 is 1.41 bits per heavy atom. The van der Waals surface area contributed by atoms with Gasteiger partial charge in [0, 0.05) is 13.1 Å². The molecule has 0 spiro atoms. The van der Waals surface area contributed by atoms with Gasteiger partial charge >= 0.3 is 0 Å². The van der Waals surface area contributed by atoms with Crippen molar-refractivity contribution in [3.63, 3.8) is 0 Å². The van der Waals surface area contributed by atoms with Gasteiger partial charge in [-0.1, -0.05) is 67.6 Å². The van der Waals surface area contributed by atoms with Crippen LogP contribution in [0.15, 0.2) is 60.7 Å². The Kier molecular flexibility index (Phi) is 8.18. The average molecular weight is 320 g/mol. The molecule has 0 radical (unpaired) electrons. The lowest BCUT2D eigenvalue weighted by atomic mass is 10.0. The third-order valence-corrected chi connectivity index (χ3v) is 3.92. The Hall–Kier alpha value is -1.35. The van der Waals surface area contributed by atoms with Crippen molar-refractivity contribution in [2.75, 3.05) is 20.1 Å². The molecule has 2 rings (SSSR count). The predicted octanol–water partition coefficient (Wildman–Crippen LogP) is 4.27. The molecule has 2 atom stereocenters. The van der Waals surface area contributed by atoms with Crippen LogP contribution in [0.5, 0.6) is 0 Å². The van der Waals surface area contributed by atoms with Gasteiger partial charge in [0.1, 0.15) is 0 Å². The molecule has 0 bridgehead atoms. The number of aliphatic hydroxyl groups is 1. The molecule has 0 aliphatic rings. The lowest BCUT2D eigenvalue weighted by molar-refractivity contribution is 0.148. The van der Waals surface area contributed by atoms with E-state index < -0.39 is 0 Å². The second-order valence-electron chi connectivity index (χ2n) is 5.79. The molecule has 2 aromatic carbocycles. The van der Waals surface area contributed by atoms with Crippen LogP contribution in [0.3, 0.4) is 0 Å². The van der Waals surface area contributed by atoms with Crippen molar-refractivity contribution in [1.29, 1.82) is 0 Å². The maximum atomic E-state index is 10.2. The zero-order valence-corrected chi connectivity index (χ0v) is 14.2. The number of likely N-dealkylation sites (N-methyl/N-ethyl adjacent to an activating group) is 1. The van der Waals surface area contributed by atoms with Gasteiger partial charge in [-0.15, -0.1) is 12.4 Å². The number of hydrogen-bond donors (Lipinski definition) is 1. The second-order valence-corrected chi connectivity index (χ2v) is 5.79. The van der Waals surface area contributed by atoms with Crippen molar-refractivity contribution in [2.24, 2.45) is 0 Å². The number of rotatable bonds is 7. The van der Waals surface area contributed by atoms with Gasteiger partial charge in [-0.25, -0.2) is 0 Å². The van der Waals surface area contributed by atoms with Gasteiger partial charge in [0.15, 0.2) is 0 Å². The highest BCUT2D eigenvalue weighted by atomic mass is 35.5. The molecule has 0 saturated heterocycles. The quantitative estimate of drug-likeness (QED) is 0.824. The van der Waals surface area contributed by atoms with E-state index in [0.29, 0.717) is 5.92 Å². The molecule has 0 heterocycles. The summed E-state index contributed by atoms with van der Waals surface area (Å²) in [4.78, 5) is 2.30. The van der Waals surface area contributed by atoms with Gasteiger partial charge in [0.05, 0.1) is 6.10 Å². The summed E-state index contributed by atoms with van der Waals surface area (Å²) < 4.78 is 0. The summed E-state index contributed by atoms with van der Waals surface area (Å²) in [5.74, 6) is 0.505. The van der Waals surface area contributed by atoms with Crippen LogP contribution in [-0.4, -0.2) is 30.1 Å². The summed E-state index contributed by atoms with van der Waals surface area (Å²) in [6, 6.07) is 20.5. The van der Waals surface area contributed by atoms with Gasteiger partial charge in [-0.3, -0.25) is 0 Å². The van der Waals surface area contributed by atoms with Crippen molar-refractivity contribution < 1.29 is 5.11 Å². The predicted molar refractivity (Wildman–Crippen MR) is 95.6 cm³/mol. The minimum absolute atomic E-state index is 0. The Morgan fingerprint density at radius 1 is 0.909 bits per heavy atom. The monoisotopic (exact) mass is 319 g/mol. The Labute approximate surface area is 140 Å². The number of nitrogens with zero attached hydrogens (tertiary/aromatic N) is 1. The fraction of sp³-hybridized carbons (Fsp3) is 0.368. The van der Waals surface area contributed by atoms with E-state index in [-0.39, 0.29) is 18.5 Å². The molecule has 0 fully saturated rings. The molecule has 0 aromatic heterocycles. The molecule has 3 heteroatoms. The van der Waals surface area contributed by atoms with Crippen molar-refractivity contribution in [1.82, 2.24) is 4.90 Å². The lowest BCUT2D eigenvalue weighted by Crippen LogP contribution is -2.25. The van der Waals surface area contributed by atoms with Crippen molar-refractivity contribution in [2.45, 2.75) is 25.4 Å². The van der Waals surface area contributed by atoms with Crippen molar-refractivity contribution in [3.05, 3.63) is 71.8 Å². The van der Waals surface area contributed by atoms with Crippen molar-refractivity contribution >= 4 is 12.4 Å². The fourth-order valence-corrected chi connectivity index (χ4v) is 2.63. The zero-order valence-electron chi connectivity index (χ0n) is 13.4. The first kappa shape index (κ1) is 18.7. The number of aliphatic hydroxyl groups excluding tert-OH is 1. The van der Waals surface area contributed by atoms with E-state index in [1.807, 2.05) is 30.3 Å². The molecule has 0 amide bonds. The molecule has 2 nitrogen and oxygen atoms in total. The number of hydrogen-bond acceptors (Lipinski definition) is 2. The van der Waals surface area contributed by atoms with E-state index in [1.54, 1.807) is 0 Å². The highest BCUT2D eigenvalue weighted by Crippen LogP contribution is 2.18. The fourth-order valence-electron chi connectivity index (χ4n) is 2.63. The topological polar surface area (TPSA) is 23.5 Å². The molecule has 22 heavy (non-hydrogen) atoms. The largest absolute Gasteiger partial charge is 0.388 e. The van der Waals surface area contributed by atoms with Crippen LogP contribution in [0.2, 0.25) is 0 Å². The van der Waals surface area contributed by atoms with Crippen LogP contribution in [0.25, 0.3) is 0 Å². The van der Waals surface area contributed by atoms with Gasteiger partial charge in [0.25, 0.3) is 0 Å². The van der Waals surface area contributed by atoms with Crippen LogP contribution in [-0.2, 0) is 0 Å². The summed E-state index contributed by atoms with van der Waals surface area (Å²) in [5, 5.41) is 10.2. The third-order valence-electron chi connectivity index (χ3n) is 3.92. The van der Waals surface area contributed by atoms with E-state index in [0.717, 1.165) is 25.1 Å². The molecule has 2 unspecified atom stereocenters. The minimum Gasteiger partial charge on any atom is -0.388 e. The van der Waals surface area contributed by atoms with Gasteiger partial charge in [0.2, 0.25) is 0 Å². The number of benzene rings is 2. The molecule has 1 N–H and O–H groups in total. The second kappa shape index (κ2) is 9.62. The highest BCUT2D eigenvalue weighted by Gasteiger charge is 2.11. The molecule has 2 aromatic rings. The zero-order chi connectivity index (χ0) is 15.1. The van der Waals surface area contributed by atoms with Gasteiger partial charge in [-0.05, 0) is 30.5 Å². The summed E-state index contributed by atoms with van der Waals surface area (Å²) in [5.41, 5.74) is 2.37. The molecule has 0 aliphatic heterocycles.